The number of methoxy groups -OCH3 is 4. The molecule has 4 aromatic rings. The fourth-order valence-corrected chi connectivity index (χ4v) is 4.70. The minimum atomic E-state index is -0.275. The highest BCUT2D eigenvalue weighted by atomic mass is 32.2. The van der Waals surface area contributed by atoms with Gasteiger partial charge in [0.2, 0.25) is 5.75 Å². The van der Waals surface area contributed by atoms with Crippen LogP contribution in [0, 0.1) is 0 Å². The van der Waals surface area contributed by atoms with Crippen molar-refractivity contribution in [1.82, 2.24) is 9.55 Å². The van der Waals surface area contributed by atoms with Gasteiger partial charge in [0.1, 0.15) is 11.3 Å². The first-order valence-corrected chi connectivity index (χ1v) is 12.1. The van der Waals surface area contributed by atoms with Crippen LogP contribution in [-0.4, -0.2) is 49.5 Å². The van der Waals surface area contributed by atoms with E-state index in [0.717, 1.165) is 5.56 Å². The van der Waals surface area contributed by atoms with Gasteiger partial charge in [0, 0.05) is 5.56 Å². The van der Waals surface area contributed by atoms with Gasteiger partial charge in [-0.1, -0.05) is 42.1 Å². The summed E-state index contributed by atoms with van der Waals surface area (Å²) in [6.07, 6.45) is 0. The van der Waals surface area contributed by atoms with Crippen LogP contribution in [0.3, 0.4) is 0 Å². The van der Waals surface area contributed by atoms with E-state index in [9.17, 15) is 9.59 Å². The van der Waals surface area contributed by atoms with E-state index in [1.54, 1.807) is 42.0 Å². The number of hydrogen-bond acceptors (Lipinski definition) is 8. The molecule has 0 atom stereocenters. The maximum Gasteiger partial charge on any atom is 0.262 e. The highest BCUT2D eigenvalue weighted by Gasteiger charge is 2.22. The molecule has 1 aromatic heterocycles. The van der Waals surface area contributed by atoms with Gasteiger partial charge >= 0.3 is 0 Å². The number of Topliss-reactive ketones (excluding diaryl/α,β-unsaturated/α-hetero) is 1. The van der Waals surface area contributed by atoms with Crippen LogP contribution in [-0.2, 0) is 6.54 Å². The lowest BCUT2D eigenvalue weighted by Gasteiger charge is -2.17. The lowest BCUT2D eigenvalue weighted by molar-refractivity contribution is 0.102. The second-order valence-electron chi connectivity index (χ2n) is 7.75. The number of carbonyl (C=O) groups is 1. The molecule has 36 heavy (non-hydrogen) atoms. The molecular formula is C27H26N2O6S. The first-order valence-electron chi connectivity index (χ1n) is 11.1. The highest BCUT2D eigenvalue weighted by Crippen LogP contribution is 2.42. The molecule has 0 aliphatic carbocycles. The van der Waals surface area contributed by atoms with Crippen molar-refractivity contribution in [3.05, 3.63) is 82.1 Å². The lowest BCUT2D eigenvalue weighted by Crippen LogP contribution is -2.24. The molecule has 0 aliphatic heterocycles. The van der Waals surface area contributed by atoms with Crippen LogP contribution in [0.1, 0.15) is 15.9 Å². The number of fused-ring (bicyclic) bond motifs is 1. The first kappa shape index (κ1) is 25.1. The van der Waals surface area contributed by atoms with E-state index in [-0.39, 0.29) is 17.1 Å². The zero-order valence-electron chi connectivity index (χ0n) is 20.4. The minimum Gasteiger partial charge on any atom is -0.497 e. The van der Waals surface area contributed by atoms with Crippen molar-refractivity contribution in [2.45, 2.75) is 11.7 Å². The van der Waals surface area contributed by atoms with Crippen molar-refractivity contribution < 1.29 is 23.7 Å². The Labute approximate surface area is 212 Å². The van der Waals surface area contributed by atoms with E-state index in [4.69, 9.17) is 23.9 Å². The van der Waals surface area contributed by atoms with Crippen LogP contribution in [0.5, 0.6) is 23.0 Å². The van der Waals surface area contributed by atoms with Gasteiger partial charge in [-0.2, -0.15) is 0 Å². The summed E-state index contributed by atoms with van der Waals surface area (Å²) in [6, 6.07) is 18.1. The second kappa shape index (κ2) is 11.2. The fraction of sp³-hybridized carbons (Fsp3) is 0.222. The standard InChI is InChI=1S/C27H26N2O6S/c1-32-19-12-10-18(11-13-19)21(30)16-36-27-28-23-20(14-22(33-2)24(34-3)25(23)35-4)26(31)29(27)15-17-8-6-5-7-9-17/h5-14H,15-16H2,1-4H3. The summed E-state index contributed by atoms with van der Waals surface area (Å²) >= 11 is 1.19. The molecule has 1 heterocycles. The summed E-state index contributed by atoms with van der Waals surface area (Å²) in [6.45, 7) is 0.290. The largest absolute Gasteiger partial charge is 0.497 e. The molecule has 0 radical (unpaired) electrons. The molecule has 0 saturated heterocycles. The van der Waals surface area contributed by atoms with Crippen molar-refractivity contribution in [2.24, 2.45) is 0 Å². The second-order valence-corrected chi connectivity index (χ2v) is 8.70. The van der Waals surface area contributed by atoms with E-state index in [2.05, 4.69) is 0 Å². The van der Waals surface area contributed by atoms with Gasteiger partial charge in [0.05, 0.1) is 46.1 Å². The zero-order valence-corrected chi connectivity index (χ0v) is 21.3. The molecule has 0 unspecified atom stereocenters. The maximum atomic E-state index is 13.7. The molecule has 186 valence electrons. The third-order valence-electron chi connectivity index (χ3n) is 5.65. The van der Waals surface area contributed by atoms with Gasteiger partial charge in [0.25, 0.3) is 5.56 Å². The number of rotatable bonds is 10. The molecular weight excluding hydrogens is 480 g/mol. The third kappa shape index (κ3) is 5.01. The summed E-state index contributed by atoms with van der Waals surface area (Å²) in [4.78, 5) is 31.4. The first-order chi connectivity index (χ1) is 17.5. The Morgan fingerprint density at radius 3 is 2.19 bits per heavy atom. The summed E-state index contributed by atoms with van der Waals surface area (Å²) in [5.41, 5.74) is 1.54. The Morgan fingerprint density at radius 1 is 0.889 bits per heavy atom. The van der Waals surface area contributed by atoms with E-state index >= 15 is 0 Å². The monoisotopic (exact) mass is 506 g/mol. The zero-order chi connectivity index (χ0) is 25.7. The average molecular weight is 507 g/mol. The minimum absolute atomic E-state index is 0.0919. The number of aromatic nitrogens is 2. The number of thioether (sulfide) groups is 1. The van der Waals surface area contributed by atoms with E-state index in [1.165, 1.54) is 33.1 Å². The molecule has 0 bridgehead atoms. The summed E-state index contributed by atoms with van der Waals surface area (Å²) in [7, 11) is 6.04. The molecule has 3 aromatic carbocycles. The Bertz CT molecular complexity index is 1440. The van der Waals surface area contributed by atoms with Crippen LogP contribution >= 0.6 is 11.8 Å². The van der Waals surface area contributed by atoms with Gasteiger partial charge in [-0.3, -0.25) is 14.2 Å². The number of ketones is 1. The Balaban J connectivity index is 1.81. The van der Waals surface area contributed by atoms with Crippen LogP contribution < -0.4 is 24.5 Å². The lowest BCUT2D eigenvalue weighted by atomic mass is 10.1. The predicted octanol–water partition coefficient (Wildman–Crippen LogP) is 4.45. The number of hydrogen-bond donors (Lipinski definition) is 0. The number of carbonyl (C=O) groups excluding carboxylic acids is 1. The van der Waals surface area contributed by atoms with Crippen LogP contribution in [0.25, 0.3) is 10.9 Å². The van der Waals surface area contributed by atoms with Crippen LogP contribution in [0.2, 0.25) is 0 Å². The summed E-state index contributed by atoms with van der Waals surface area (Å²) in [5, 5.41) is 0.718. The van der Waals surface area contributed by atoms with Crippen molar-refractivity contribution in [3.8, 4) is 23.0 Å². The smallest absolute Gasteiger partial charge is 0.262 e. The Morgan fingerprint density at radius 2 is 1.58 bits per heavy atom. The molecule has 0 N–H and O–H groups in total. The highest BCUT2D eigenvalue weighted by molar-refractivity contribution is 7.99. The Hall–Kier alpha value is -3.98. The predicted molar refractivity (Wildman–Crippen MR) is 139 cm³/mol. The van der Waals surface area contributed by atoms with Crippen molar-refractivity contribution in [3.63, 3.8) is 0 Å². The van der Waals surface area contributed by atoms with Gasteiger partial charge in [-0.25, -0.2) is 4.98 Å². The Kier molecular flexibility index (Phi) is 7.80. The normalized spacial score (nSPS) is 10.8. The van der Waals surface area contributed by atoms with E-state index < -0.39 is 0 Å². The number of nitrogens with zero attached hydrogens (tertiary/aromatic N) is 2. The maximum absolute atomic E-state index is 13.7. The van der Waals surface area contributed by atoms with Crippen LogP contribution in [0.4, 0.5) is 0 Å². The van der Waals surface area contributed by atoms with Crippen molar-refractivity contribution >= 4 is 28.4 Å². The molecule has 0 spiro atoms. The van der Waals surface area contributed by atoms with Gasteiger partial charge < -0.3 is 18.9 Å². The van der Waals surface area contributed by atoms with Crippen molar-refractivity contribution in [2.75, 3.05) is 34.2 Å². The number of ether oxygens (including phenoxy) is 4. The summed E-state index contributed by atoms with van der Waals surface area (Å²) < 4.78 is 23.2. The van der Waals surface area contributed by atoms with Gasteiger partial charge in [-0.15, -0.1) is 0 Å². The number of benzene rings is 3. The summed E-state index contributed by atoms with van der Waals surface area (Å²) in [5.74, 6) is 1.66. The molecule has 8 nitrogen and oxygen atoms in total. The van der Waals surface area contributed by atoms with Crippen molar-refractivity contribution in [1.29, 1.82) is 0 Å². The molecule has 0 amide bonds. The van der Waals surface area contributed by atoms with E-state index in [0.29, 0.717) is 51.2 Å². The molecule has 9 heteroatoms. The molecule has 4 rings (SSSR count). The van der Waals surface area contributed by atoms with Crippen LogP contribution in [0.15, 0.2) is 70.6 Å². The topological polar surface area (TPSA) is 88.9 Å². The SMILES string of the molecule is COc1ccc(C(=O)CSc2nc3c(OC)c(OC)c(OC)cc3c(=O)n2Cc2ccccc2)cc1. The van der Waals surface area contributed by atoms with Gasteiger partial charge in [-0.05, 0) is 35.9 Å². The van der Waals surface area contributed by atoms with E-state index in [1.807, 2.05) is 30.3 Å². The molecule has 0 fully saturated rings. The third-order valence-corrected chi connectivity index (χ3v) is 6.62. The molecule has 0 aliphatic rings. The average Bonchev–Trinajstić information content (AvgIpc) is 2.92. The molecule has 0 saturated carbocycles. The quantitative estimate of drug-likeness (QED) is 0.177. The van der Waals surface area contributed by atoms with Gasteiger partial charge in [0.15, 0.2) is 22.4 Å². The fourth-order valence-electron chi connectivity index (χ4n) is 3.81.